The van der Waals surface area contributed by atoms with Crippen LogP contribution in [0.25, 0.3) is 0 Å². The maximum Gasteiger partial charge on any atom is 0.115 e. The van der Waals surface area contributed by atoms with Crippen molar-refractivity contribution in [2.24, 2.45) is 0 Å². The van der Waals surface area contributed by atoms with E-state index in [2.05, 4.69) is 11.2 Å². The molecular weight excluding hydrogens is 186 g/mol. The Kier molecular flexibility index (Phi) is 2.94. The molecule has 2 nitrogen and oxygen atoms in total. The smallest absolute Gasteiger partial charge is 0.115 e. The van der Waals surface area contributed by atoms with Crippen LogP contribution < -0.4 is 5.32 Å². The van der Waals surface area contributed by atoms with Gasteiger partial charge in [-0.25, -0.2) is 0 Å². The average molecular weight is 201 g/mol. The number of phenolic OH excluding ortho intramolecular Hbond substituents is 1. The lowest BCUT2D eigenvalue weighted by molar-refractivity contribution is 0.458. The second-order valence-corrected chi connectivity index (χ2v) is 3.91. The summed E-state index contributed by atoms with van der Waals surface area (Å²) in [6, 6.07) is 5.91. The van der Waals surface area contributed by atoms with Crippen LogP contribution in [0.5, 0.6) is 5.75 Å². The van der Waals surface area contributed by atoms with Crippen LogP contribution >= 0.6 is 0 Å². The Bertz CT molecular complexity index is 392. The van der Waals surface area contributed by atoms with Gasteiger partial charge in [0.2, 0.25) is 0 Å². The van der Waals surface area contributed by atoms with Gasteiger partial charge in [0.15, 0.2) is 0 Å². The van der Waals surface area contributed by atoms with Crippen molar-refractivity contribution < 1.29 is 5.11 Å². The predicted molar refractivity (Wildman–Crippen MR) is 60.6 cm³/mol. The Balaban J connectivity index is 2.25. The summed E-state index contributed by atoms with van der Waals surface area (Å²) in [6.45, 7) is 0.583. The van der Waals surface area contributed by atoms with E-state index in [0.717, 1.165) is 12.8 Å². The highest BCUT2D eigenvalue weighted by molar-refractivity contribution is 5.38. The zero-order chi connectivity index (χ0) is 10.7. The van der Waals surface area contributed by atoms with Crippen LogP contribution in [0.1, 0.15) is 30.0 Å². The topological polar surface area (TPSA) is 32.3 Å². The van der Waals surface area contributed by atoms with Crippen LogP contribution in [0.4, 0.5) is 0 Å². The molecule has 15 heavy (non-hydrogen) atoms. The Morgan fingerprint density at radius 2 is 2.40 bits per heavy atom. The summed E-state index contributed by atoms with van der Waals surface area (Å²) in [7, 11) is 0. The highest BCUT2D eigenvalue weighted by Gasteiger charge is 2.19. The van der Waals surface area contributed by atoms with E-state index in [1.165, 1.54) is 17.5 Å². The number of aromatic hydroxyl groups is 1. The fourth-order valence-corrected chi connectivity index (χ4v) is 2.18. The lowest BCUT2D eigenvalue weighted by Gasteiger charge is -2.25. The second kappa shape index (κ2) is 4.37. The highest BCUT2D eigenvalue weighted by atomic mass is 16.3. The normalized spacial score (nSPS) is 19.3. The first-order valence-electron chi connectivity index (χ1n) is 5.30. The van der Waals surface area contributed by atoms with Crippen molar-refractivity contribution in [1.29, 1.82) is 0 Å². The number of fused-ring (bicyclic) bond motifs is 1. The molecule has 1 atom stereocenters. The number of phenols is 1. The molecule has 1 aromatic carbocycles. The maximum absolute atomic E-state index is 9.46. The molecule has 1 unspecified atom stereocenters. The second-order valence-electron chi connectivity index (χ2n) is 3.91. The third-order valence-electron chi connectivity index (χ3n) is 2.89. The summed E-state index contributed by atoms with van der Waals surface area (Å²) in [5, 5.41) is 12.8. The van der Waals surface area contributed by atoms with Crippen LogP contribution in [0.2, 0.25) is 0 Å². The third-order valence-corrected chi connectivity index (χ3v) is 2.89. The molecule has 2 rings (SSSR count). The Morgan fingerprint density at radius 1 is 1.53 bits per heavy atom. The van der Waals surface area contributed by atoms with Gasteiger partial charge in [-0.15, -0.1) is 6.42 Å². The number of aryl methyl sites for hydroxylation is 1. The Morgan fingerprint density at radius 3 is 3.20 bits per heavy atom. The van der Waals surface area contributed by atoms with E-state index in [-0.39, 0.29) is 0 Å². The molecule has 1 aromatic rings. The summed E-state index contributed by atoms with van der Waals surface area (Å²) < 4.78 is 0. The van der Waals surface area contributed by atoms with Gasteiger partial charge in [-0.2, -0.15) is 0 Å². The number of nitrogens with one attached hydrogen (secondary N) is 1. The highest BCUT2D eigenvalue weighted by Crippen LogP contribution is 2.31. The minimum Gasteiger partial charge on any atom is -0.508 e. The van der Waals surface area contributed by atoms with E-state index in [4.69, 9.17) is 6.42 Å². The van der Waals surface area contributed by atoms with Crippen LogP contribution in [-0.4, -0.2) is 11.7 Å². The fourth-order valence-electron chi connectivity index (χ4n) is 2.18. The zero-order valence-corrected chi connectivity index (χ0v) is 8.66. The van der Waals surface area contributed by atoms with E-state index in [9.17, 15) is 5.11 Å². The van der Waals surface area contributed by atoms with Gasteiger partial charge in [-0.05, 0) is 42.5 Å². The molecule has 1 aliphatic rings. The van der Waals surface area contributed by atoms with Crippen molar-refractivity contribution in [3.05, 3.63) is 29.3 Å². The van der Waals surface area contributed by atoms with Crippen molar-refractivity contribution in [1.82, 2.24) is 5.32 Å². The zero-order valence-electron chi connectivity index (χ0n) is 8.66. The molecule has 0 saturated carbocycles. The third kappa shape index (κ3) is 2.14. The number of terminal acetylenes is 1. The first-order chi connectivity index (χ1) is 7.31. The number of rotatable bonds is 2. The number of hydrogen-bond acceptors (Lipinski definition) is 2. The SMILES string of the molecule is C#CCNC1CCCc2ccc(O)cc21. The minimum atomic E-state index is 0.303. The summed E-state index contributed by atoms with van der Waals surface area (Å²) in [5.74, 6) is 2.92. The molecule has 0 spiro atoms. The van der Waals surface area contributed by atoms with Crippen molar-refractivity contribution >= 4 is 0 Å². The van der Waals surface area contributed by atoms with Gasteiger partial charge in [0.05, 0.1) is 6.54 Å². The molecule has 0 radical (unpaired) electrons. The van der Waals surface area contributed by atoms with E-state index < -0.39 is 0 Å². The van der Waals surface area contributed by atoms with E-state index in [0.29, 0.717) is 18.3 Å². The fraction of sp³-hybridized carbons (Fsp3) is 0.385. The first kappa shape index (κ1) is 10.1. The molecule has 2 N–H and O–H groups in total. The van der Waals surface area contributed by atoms with Gasteiger partial charge in [-0.1, -0.05) is 12.0 Å². The first-order valence-corrected chi connectivity index (χ1v) is 5.30. The van der Waals surface area contributed by atoms with Crippen LogP contribution in [0.15, 0.2) is 18.2 Å². The van der Waals surface area contributed by atoms with Crippen molar-refractivity contribution in [2.75, 3.05) is 6.54 Å². The quantitative estimate of drug-likeness (QED) is 0.717. The maximum atomic E-state index is 9.46. The molecule has 0 fully saturated rings. The molecule has 0 saturated heterocycles. The largest absolute Gasteiger partial charge is 0.508 e. The van der Waals surface area contributed by atoms with E-state index in [1.54, 1.807) is 6.07 Å². The van der Waals surface area contributed by atoms with Gasteiger partial charge in [0.1, 0.15) is 5.75 Å². The summed E-state index contributed by atoms with van der Waals surface area (Å²) in [6.07, 6.45) is 8.61. The van der Waals surface area contributed by atoms with Crippen LogP contribution in [0.3, 0.4) is 0 Å². The number of hydrogen-bond donors (Lipinski definition) is 2. The summed E-state index contributed by atoms with van der Waals surface area (Å²) in [5.41, 5.74) is 2.53. The van der Waals surface area contributed by atoms with Crippen LogP contribution in [0, 0.1) is 12.3 Å². The molecule has 1 aliphatic carbocycles. The lowest BCUT2D eigenvalue weighted by atomic mass is 9.87. The molecule has 0 aliphatic heterocycles. The summed E-state index contributed by atoms with van der Waals surface area (Å²) in [4.78, 5) is 0. The molecule has 2 heteroatoms. The van der Waals surface area contributed by atoms with Gasteiger partial charge in [0, 0.05) is 6.04 Å². The summed E-state index contributed by atoms with van der Waals surface area (Å²) >= 11 is 0. The van der Waals surface area contributed by atoms with Crippen molar-refractivity contribution in [3.8, 4) is 18.1 Å². The molecule has 0 heterocycles. The predicted octanol–water partition coefficient (Wildman–Crippen LogP) is 1.99. The van der Waals surface area contributed by atoms with Crippen molar-refractivity contribution in [3.63, 3.8) is 0 Å². The van der Waals surface area contributed by atoms with Gasteiger partial charge in [0.25, 0.3) is 0 Å². The number of benzene rings is 1. The monoisotopic (exact) mass is 201 g/mol. The minimum absolute atomic E-state index is 0.303. The Hall–Kier alpha value is -1.46. The Labute approximate surface area is 90.3 Å². The molecular formula is C13H15NO. The average Bonchev–Trinajstić information content (AvgIpc) is 2.26. The lowest BCUT2D eigenvalue weighted by Crippen LogP contribution is -2.25. The molecule has 0 aromatic heterocycles. The van der Waals surface area contributed by atoms with Gasteiger partial charge < -0.3 is 5.11 Å². The van der Waals surface area contributed by atoms with Gasteiger partial charge >= 0.3 is 0 Å². The van der Waals surface area contributed by atoms with Gasteiger partial charge in [-0.3, -0.25) is 5.32 Å². The van der Waals surface area contributed by atoms with Crippen LogP contribution in [-0.2, 0) is 6.42 Å². The van der Waals surface area contributed by atoms with E-state index in [1.807, 2.05) is 12.1 Å². The molecule has 78 valence electrons. The molecule has 0 amide bonds. The standard InChI is InChI=1S/C13H15NO/c1-2-8-14-13-5-3-4-10-6-7-11(15)9-12(10)13/h1,6-7,9,13-15H,3-5,8H2. The molecule has 0 bridgehead atoms. The van der Waals surface area contributed by atoms with Crippen molar-refractivity contribution in [2.45, 2.75) is 25.3 Å². The van der Waals surface area contributed by atoms with E-state index >= 15 is 0 Å².